The molecule has 1 amide bonds. The fraction of sp³-hybridized carbons (Fsp3) is 0.368. The van der Waals surface area contributed by atoms with Crippen molar-refractivity contribution in [2.24, 2.45) is 0 Å². The van der Waals surface area contributed by atoms with Gasteiger partial charge in [-0.25, -0.2) is 13.4 Å². The van der Waals surface area contributed by atoms with Crippen LogP contribution in [0.5, 0.6) is 11.6 Å². The van der Waals surface area contributed by atoms with Crippen LogP contribution in [-0.2, 0) is 14.6 Å². The smallest absolute Gasteiger partial charge is 0.245 e. The summed E-state index contributed by atoms with van der Waals surface area (Å²) in [5.74, 6) is 0.535. The van der Waals surface area contributed by atoms with Gasteiger partial charge in [0.05, 0.1) is 11.9 Å². The Morgan fingerprint density at radius 3 is 2.37 bits per heavy atom. The lowest BCUT2D eigenvalue weighted by atomic mass is 9.96. The number of pyridine rings is 1. The number of aromatic nitrogens is 1. The van der Waals surface area contributed by atoms with Crippen LogP contribution in [0.2, 0.25) is 0 Å². The SMILES string of the molecule is Cc1ccc(Oc2ccc(NC(=O)C3(S(C)(=O)=O)CCNCC3)cn2)cc1. The minimum absolute atomic E-state index is 0.250. The summed E-state index contributed by atoms with van der Waals surface area (Å²) in [6.07, 6.45) is 3.08. The largest absolute Gasteiger partial charge is 0.439 e. The van der Waals surface area contributed by atoms with Crippen LogP contribution in [0.3, 0.4) is 0 Å². The van der Waals surface area contributed by atoms with Gasteiger partial charge in [0.2, 0.25) is 11.8 Å². The van der Waals surface area contributed by atoms with E-state index < -0.39 is 20.5 Å². The van der Waals surface area contributed by atoms with E-state index in [4.69, 9.17) is 4.74 Å². The van der Waals surface area contributed by atoms with Crippen LogP contribution in [0, 0.1) is 6.92 Å². The van der Waals surface area contributed by atoms with Gasteiger partial charge in [0, 0.05) is 12.3 Å². The van der Waals surface area contributed by atoms with Crippen LogP contribution in [0.25, 0.3) is 0 Å². The van der Waals surface area contributed by atoms with E-state index in [-0.39, 0.29) is 12.8 Å². The Balaban J connectivity index is 1.71. The average molecular weight is 389 g/mol. The minimum Gasteiger partial charge on any atom is -0.439 e. The first-order valence-electron chi connectivity index (χ1n) is 8.72. The molecule has 1 saturated heterocycles. The number of hydrogen-bond acceptors (Lipinski definition) is 6. The van der Waals surface area contributed by atoms with Crippen molar-refractivity contribution in [3.05, 3.63) is 48.2 Å². The van der Waals surface area contributed by atoms with E-state index in [1.165, 1.54) is 6.20 Å². The molecule has 7 nitrogen and oxygen atoms in total. The second-order valence-electron chi connectivity index (χ2n) is 6.77. The maximum absolute atomic E-state index is 12.8. The Hall–Kier alpha value is -2.45. The van der Waals surface area contributed by atoms with Gasteiger partial charge in [-0.1, -0.05) is 17.7 Å². The molecule has 1 aromatic heterocycles. The van der Waals surface area contributed by atoms with Crippen molar-refractivity contribution in [1.82, 2.24) is 10.3 Å². The summed E-state index contributed by atoms with van der Waals surface area (Å²) in [4.78, 5) is 16.9. The number of hydrogen-bond donors (Lipinski definition) is 2. The molecule has 2 N–H and O–H groups in total. The van der Waals surface area contributed by atoms with E-state index in [1.54, 1.807) is 12.1 Å². The summed E-state index contributed by atoms with van der Waals surface area (Å²) >= 11 is 0. The molecule has 27 heavy (non-hydrogen) atoms. The van der Waals surface area contributed by atoms with Gasteiger partial charge < -0.3 is 15.4 Å². The summed E-state index contributed by atoms with van der Waals surface area (Å²) in [6.45, 7) is 2.97. The summed E-state index contributed by atoms with van der Waals surface area (Å²) in [5, 5.41) is 5.78. The highest BCUT2D eigenvalue weighted by Gasteiger charge is 2.48. The van der Waals surface area contributed by atoms with Crippen LogP contribution in [0.15, 0.2) is 42.6 Å². The molecule has 0 radical (unpaired) electrons. The van der Waals surface area contributed by atoms with E-state index in [9.17, 15) is 13.2 Å². The zero-order valence-electron chi connectivity index (χ0n) is 15.4. The molecule has 0 atom stereocenters. The summed E-state index contributed by atoms with van der Waals surface area (Å²) in [5.41, 5.74) is 1.56. The van der Waals surface area contributed by atoms with Crippen LogP contribution in [0.4, 0.5) is 5.69 Å². The Bertz CT molecular complexity index is 903. The third-order valence-corrected chi connectivity index (χ3v) is 6.79. The highest BCUT2D eigenvalue weighted by Crippen LogP contribution is 2.29. The predicted molar refractivity (Wildman–Crippen MR) is 104 cm³/mol. The molecule has 0 spiro atoms. The molecule has 0 bridgehead atoms. The van der Waals surface area contributed by atoms with Gasteiger partial charge in [-0.2, -0.15) is 0 Å². The van der Waals surface area contributed by atoms with Gasteiger partial charge in [0.1, 0.15) is 5.75 Å². The maximum Gasteiger partial charge on any atom is 0.245 e. The van der Waals surface area contributed by atoms with Crippen molar-refractivity contribution in [2.75, 3.05) is 24.7 Å². The topological polar surface area (TPSA) is 97.4 Å². The molecule has 3 rings (SSSR count). The van der Waals surface area contributed by atoms with E-state index in [2.05, 4.69) is 15.6 Å². The molecule has 8 heteroatoms. The fourth-order valence-electron chi connectivity index (χ4n) is 3.08. The van der Waals surface area contributed by atoms with E-state index in [0.29, 0.717) is 30.4 Å². The number of anilines is 1. The van der Waals surface area contributed by atoms with Crippen LogP contribution >= 0.6 is 0 Å². The minimum atomic E-state index is -3.56. The zero-order chi connectivity index (χ0) is 19.5. The second-order valence-corrected chi connectivity index (χ2v) is 9.10. The first-order valence-corrected chi connectivity index (χ1v) is 10.6. The Labute approximate surface area is 159 Å². The maximum atomic E-state index is 12.8. The number of nitrogens with one attached hydrogen (secondary N) is 2. The third kappa shape index (κ3) is 4.28. The Morgan fingerprint density at radius 1 is 1.15 bits per heavy atom. The number of ether oxygens (including phenoxy) is 1. The average Bonchev–Trinajstić information content (AvgIpc) is 2.65. The number of sulfone groups is 1. The quantitative estimate of drug-likeness (QED) is 0.814. The summed E-state index contributed by atoms with van der Waals surface area (Å²) in [7, 11) is -3.56. The van der Waals surface area contributed by atoms with Crippen molar-refractivity contribution >= 4 is 21.4 Å². The van der Waals surface area contributed by atoms with Gasteiger partial charge in [-0.15, -0.1) is 0 Å². The number of carbonyl (C=O) groups is 1. The van der Waals surface area contributed by atoms with Gasteiger partial charge >= 0.3 is 0 Å². The first kappa shape index (κ1) is 19.3. The number of piperidine rings is 1. The normalized spacial score (nSPS) is 16.5. The Morgan fingerprint density at radius 2 is 1.81 bits per heavy atom. The molecular formula is C19H23N3O4S. The van der Waals surface area contributed by atoms with E-state index >= 15 is 0 Å². The van der Waals surface area contributed by atoms with Crippen molar-refractivity contribution in [3.8, 4) is 11.6 Å². The van der Waals surface area contributed by atoms with Crippen LogP contribution in [0.1, 0.15) is 18.4 Å². The van der Waals surface area contributed by atoms with Crippen molar-refractivity contribution in [3.63, 3.8) is 0 Å². The number of amides is 1. The van der Waals surface area contributed by atoms with Gasteiger partial charge in [0.15, 0.2) is 14.6 Å². The van der Waals surface area contributed by atoms with E-state index in [0.717, 1.165) is 11.8 Å². The lowest BCUT2D eigenvalue weighted by Gasteiger charge is -2.34. The zero-order valence-corrected chi connectivity index (χ0v) is 16.2. The monoisotopic (exact) mass is 389 g/mol. The number of benzene rings is 1. The summed E-state index contributed by atoms with van der Waals surface area (Å²) in [6, 6.07) is 10.8. The fourth-order valence-corrected chi connectivity index (χ4v) is 4.42. The van der Waals surface area contributed by atoms with E-state index in [1.807, 2.05) is 31.2 Å². The molecule has 0 unspecified atom stereocenters. The van der Waals surface area contributed by atoms with Crippen molar-refractivity contribution < 1.29 is 17.9 Å². The van der Waals surface area contributed by atoms with Crippen LogP contribution < -0.4 is 15.4 Å². The third-order valence-electron chi connectivity index (χ3n) is 4.77. The van der Waals surface area contributed by atoms with Gasteiger partial charge in [-0.3, -0.25) is 4.79 Å². The molecule has 1 fully saturated rings. The molecule has 2 aromatic rings. The first-order chi connectivity index (χ1) is 12.8. The molecule has 0 aliphatic carbocycles. The molecule has 144 valence electrons. The van der Waals surface area contributed by atoms with Crippen molar-refractivity contribution in [2.45, 2.75) is 24.5 Å². The predicted octanol–water partition coefficient (Wildman–Crippen LogP) is 2.29. The number of aryl methyl sites for hydroxylation is 1. The molecule has 0 saturated carbocycles. The molecule has 1 aliphatic rings. The number of carbonyl (C=O) groups excluding carboxylic acids is 1. The lowest BCUT2D eigenvalue weighted by molar-refractivity contribution is -0.119. The molecule has 1 aliphatic heterocycles. The molecule has 2 heterocycles. The highest BCUT2D eigenvalue weighted by molar-refractivity contribution is 7.92. The van der Waals surface area contributed by atoms with Gasteiger partial charge in [-0.05, 0) is 51.1 Å². The van der Waals surface area contributed by atoms with Crippen LogP contribution in [-0.4, -0.2) is 43.4 Å². The lowest BCUT2D eigenvalue weighted by Crippen LogP contribution is -2.55. The number of rotatable bonds is 5. The molecule has 1 aromatic carbocycles. The molecular weight excluding hydrogens is 366 g/mol. The van der Waals surface area contributed by atoms with Crippen molar-refractivity contribution in [1.29, 1.82) is 0 Å². The summed E-state index contributed by atoms with van der Waals surface area (Å²) < 4.78 is 28.8. The number of nitrogens with zero attached hydrogens (tertiary/aromatic N) is 1. The Kier molecular flexibility index (Phi) is 5.48. The second kappa shape index (κ2) is 7.66. The standard InChI is InChI=1S/C19H23N3O4S/c1-14-3-6-16(7-4-14)26-17-8-5-15(13-21-17)22-18(23)19(27(2,24)25)9-11-20-12-10-19/h3-8,13,20H,9-12H2,1-2H3,(H,22,23). The highest BCUT2D eigenvalue weighted by atomic mass is 32.2. The van der Waals surface area contributed by atoms with Gasteiger partial charge in [0.25, 0.3) is 0 Å².